The first-order chi connectivity index (χ1) is 8.55. The van der Waals surface area contributed by atoms with Crippen molar-refractivity contribution in [2.45, 2.75) is 18.5 Å². The van der Waals surface area contributed by atoms with Crippen molar-refractivity contribution in [3.63, 3.8) is 0 Å². The zero-order valence-corrected chi connectivity index (χ0v) is 9.41. The second-order valence-corrected chi connectivity index (χ2v) is 4.39. The summed E-state index contributed by atoms with van der Waals surface area (Å²) in [5.74, 6) is 0.945. The molecule has 0 aliphatic carbocycles. The zero-order valence-electron chi connectivity index (χ0n) is 9.41. The SMILES string of the molecule is FC(F)(F)c1ccn2c(C3CCNC3)nnc2c1. The van der Waals surface area contributed by atoms with Crippen LogP contribution in [0.25, 0.3) is 5.65 Å². The van der Waals surface area contributed by atoms with Crippen molar-refractivity contribution in [1.29, 1.82) is 0 Å². The van der Waals surface area contributed by atoms with Crippen molar-refractivity contribution in [2.75, 3.05) is 13.1 Å². The first kappa shape index (κ1) is 11.5. The molecule has 0 spiro atoms. The molecule has 3 heterocycles. The minimum absolute atomic E-state index is 0.219. The quantitative estimate of drug-likeness (QED) is 0.846. The molecule has 7 heteroatoms. The number of alkyl halides is 3. The highest BCUT2D eigenvalue weighted by atomic mass is 19.4. The summed E-state index contributed by atoms with van der Waals surface area (Å²) in [6.07, 6.45) is -2.02. The van der Waals surface area contributed by atoms with Gasteiger partial charge in [0.1, 0.15) is 5.82 Å². The van der Waals surface area contributed by atoms with Crippen LogP contribution in [0.3, 0.4) is 0 Å². The fraction of sp³-hybridized carbons (Fsp3) is 0.455. The van der Waals surface area contributed by atoms with E-state index in [1.165, 1.54) is 6.20 Å². The summed E-state index contributed by atoms with van der Waals surface area (Å²) < 4.78 is 39.3. The predicted octanol–water partition coefficient (Wildman–Crippen LogP) is 1.82. The summed E-state index contributed by atoms with van der Waals surface area (Å²) in [6, 6.07) is 2.08. The van der Waals surface area contributed by atoms with Gasteiger partial charge in [0.15, 0.2) is 5.65 Å². The number of hydrogen-bond acceptors (Lipinski definition) is 3. The van der Waals surface area contributed by atoms with Gasteiger partial charge in [-0.15, -0.1) is 10.2 Å². The standard InChI is InChI=1S/C11H11F3N4/c12-11(13,14)8-2-4-18-9(5-8)16-17-10(18)7-1-3-15-6-7/h2,4-5,7,15H,1,3,6H2. The monoisotopic (exact) mass is 256 g/mol. The van der Waals surface area contributed by atoms with E-state index in [0.717, 1.165) is 37.5 Å². The number of pyridine rings is 1. The summed E-state index contributed by atoms with van der Waals surface area (Å²) in [7, 11) is 0. The number of hydrogen-bond donors (Lipinski definition) is 1. The van der Waals surface area contributed by atoms with E-state index in [1.807, 2.05) is 0 Å². The van der Waals surface area contributed by atoms with Crippen molar-refractivity contribution < 1.29 is 13.2 Å². The van der Waals surface area contributed by atoms with Crippen molar-refractivity contribution in [3.05, 3.63) is 29.7 Å². The molecule has 0 radical (unpaired) electrons. The van der Waals surface area contributed by atoms with Gasteiger partial charge in [-0.05, 0) is 25.1 Å². The molecule has 2 aromatic rings. The maximum atomic E-state index is 12.6. The molecule has 0 saturated carbocycles. The van der Waals surface area contributed by atoms with E-state index in [9.17, 15) is 13.2 Å². The Hall–Kier alpha value is -1.63. The van der Waals surface area contributed by atoms with Crippen LogP contribution in [0.4, 0.5) is 13.2 Å². The minimum Gasteiger partial charge on any atom is -0.316 e. The molecule has 0 bridgehead atoms. The summed E-state index contributed by atoms with van der Waals surface area (Å²) in [4.78, 5) is 0. The molecule has 4 nitrogen and oxygen atoms in total. The molecule has 3 rings (SSSR count). The second kappa shape index (κ2) is 3.94. The van der Waals surface area contributed by atoms with E-state index in [4.69, 9.17) is 0 Å². The van der Waals surface area contributed by atoms with Gasteiger partial charge >= 0.3 is 6.18 Å². The summed E-state index contributed by atoms with van der Waals surface area (Å²) in [5, 5.41) is 11.0. The average molecular weight is 256 g/mol. The van der Waals surface area contributed by atoms with Crippen molar-refractivity contribution >= 4 is 5.65 Å². The highest BCUT2D eigenvalue weighted by Gasteiger charge is 2.31. The highest BCUT2D eigenvalue weighted by molar-refractivity contribution is 5.42. The largest absolute Gasteiger partial charge is 0.416 e. The lowest BCUT2D eigenvalue weighted by Gasteiger charge is -2.08. The molecule has 96 valence electrons. The van der Waals surface area contributed by atoms with Crippen molar-refractivity contribution in [2.24, 2.45) is 0 Å². The molecule has 1 unspecified atom stereocenters. The van der Waals surface area contributed by atoms with Crippen LogP contribution in [0.5, 0.6) is 0 Å². The third kappa shape index (κ3) is 1.84. The molecule has 18 heavy (non-hydrogen) atoms. The van der Waals surface area contributed by atoms with Crippen LogP contribution in [-0.2, 0) is 6.18 Å². The maximum Gasteiger partial charge on any atom is 0.416 e. The van der Waals surface area contributed by atoms with Gasteiger partial charge in [-0.25, -0.2) is 0 Å². The maximum absolute atomic E-state index is 12.6. The molecule has 1 N–H and O–H groups in total. The third-order valence-electron chi connectivity index (χ3n) is 3.19. The number of nitrogens with zero attached hydrogens (tertiary/aromatic N) is 3. The molecule has 0 amide bonds. The molecular weight excluding hydrogens is 245 g/mol. The molecule has 1 aliphatic rings. The Bertz CT molecular complexity index is 569. The van der Waals surface area contributed by atoms with Crippen molar-refractivity contribution in [3.8, 4) is 0 Å². The minimum atomic E-state index is -4.34. The van der Waals surface area contributed by atoms with Gasteiger partial charge in [0.25, 0.3) is 0 Å². The Labute approximate surface area is 101 Å². The Kier molecular flexibility index (Phi) is 2.51. The van der Waals surface area contributed by atoms with Gasteiger partial charge in [-0.3, -0.25) is 4.40 Å². The Balaban J connectivity index is 2.05. The Morgan fingerprint density at radius 1 is 1.33 bits per heavy atom. The smallest absolute Gasteiger partial charge is 0.316 e. The fourth-order valence-corrected chi connectivity index (χ4v) is 2.24. The lowest BCUT2D eigenvalue weighted by Crippen LogP contribution is -2.10. The van der Waals surface area contributed by atoms with Gasteiger partial charge < -0.3 is 5.32 Å². The number of nitrogens with one attached hydrogen (secondary N) is 1. The van der Waals surface area contributed by atoms with Gasteiger partial charge in [0, 0.05) is 18.7 Å². The van der Waals surface area contributed by atoms with Crippen LogP contribution < -0.4 is 5.32 Å². The number of fused-ring (bicyclic) bond motifs is 1. The molecule has 1 aliphatic heterocycles. The van der Waals surface area contributed by atoms with Gasteiger partial charge in [0.05, 0.1) is 5.56 Å². The third-order valence-corrected chi connectivity index (χ3v) is 3.19. The van der Waals surface area contributed by atoms with Crippen LogP contribution in [0, 0.1) is 0 Å². The first-order valence-corrected chi connectivity index (χ1v) is 5.68. The van der Waals surface area contributed by atoms with E-state index in [2.05, 4.69) is 15.5 Å². The lowest BCUT2D eigenvalue weighted by atomic mass is 10.1. The molecule has 1 fully saturated rings. The Morgan fingerprint density at radius 3 is 2.83 bits per heavy atom. The first-order valence-electron chi connectivity index (χ1n) is 5.68. The van der Waals surface area contributed by atoms with Gasteiger partial charge in [-0.1, -0.05) is 0 Å². The fourth-order valence-electron chi connectivity index (χ4n) is 2.24. The molecule has 2 aromatic heterocycles. The van der Waals surface area contributed by atoms with Crippen LogP contribution in [0.1, 0.15) is 23.7 Å². The number of rotatable bonds is 1. The van der Waals surface area contributed by atoms with E-state index >= 15 is 0 Å². The Morgan fingerprint density at radius 2 is 2.17 bits per heavy atom. The van der Waals surface area contributed by atoms with E-state index in [-0.39, 0.29) is 11.6 Å². The highest BCUT2D eigenvalue weighted by Crippen LogP contribution is 2.30. The van der Waals surface area contributed by atoms with Crippen molar-refractivity contribution in [1.82, 2.24) is 19.9 Å². The predicted molar refractivity (Wildman–Crippen MR) is 58.2 cm³/mol. The average Bonchev–Trinajstić information content (AvgIpc) is 2.95. The normalized spacial score (nSPS) is 20.7. The number of aromatic nitrogens is 3. The molecule has 1 atom stereocenters. The van der Waals surface area contributed by atoms with Crippen LogP contribution in [-0.4, -0.2) is 27.7 Å². The zero-order chi connectivity index (χ0) is 12.8. The second-order valence-electron chi connectivity index (χ2n) is 4.39. The lowest BCUT2D eigenvalue weighted by molar-refractivity contribution is -0.137. The van der Waals surface area contributed by atoms with E-state index < -0.39 is 11.7 Å². The molecule has 1 saturated heterocycles. The molecule has 0 aromatic carbocycles. The molecular formula is C11H11F3N4. The van der Waals surface area contributed by atoms with Crippen LogP contribution in [0.15, 0.2) is 18.3 Å². The summed E-state index contributed by atoms with van der Waals surface area (Å²) >= 11 is 0. The number of halogens is 3. The van der Waals surface area contributed by atoms with Crippen LogP contribution in [0.2, 0.25) is 0 Å². The topological polar surface area (TPSA) is 42.2 Å². The van der Waals surface area contributed by atoms with E-state index in [0.29, 0.717) is 0 Å². The van der Waals surface area contributed by atoms with Crippen LogP contribution >= 0.6 is 0 Å². The van der Waals surface area contributed by atoms with Gasteiger partial charge in [0.2, 0.25) is 0 Å². The van der Waals surface area contributed by atoms with E-state index in [1.54, 1.807) is 4.40 Å². The van der Waals surface area contributed by atoms with Gasteiger partial charge in [-0.2, -0.15) is 13.2 Å². The summed E-state index contributed by atoms with van der Waals surface area (Å²) in [6.45, 7) is 1.70. The summed E-state index contributed by atoms with van der Waals surface area (Å²) in [5.41, 5.74) is -0.453.